The lowest BCUT2D eigenvalue weighted by Crippen LogP contribution is -2.40. The van der Waals surface area contributed by atoms with Crippen molar-refractivity contribution in [2.75, 3.05) is 25.4 Å². The number of aliphatic hydroxyl groups is 1. The van der Waals surface area contributed by atoms with Crippen LogP contribution in [0.5, 0.6) is 0 Å². The van der Waals surface area contributed by atoms with Crippen molar-refractivity contribution < 1.29 is 9.90 Å². The number of aliphatic hydroxyl groups excluding tert-OH is 1. The second-order valence-corrected chi connectivity index (χ2v) is 5.09. The molecule has 2 rings (SSSR count). The number of amides is 1. The molecule has 1 aromatic carbocycles. The molecule has 5 heteroatoms. The van der Waals surface area contributed by atoms with Gasteiger partial charge in [-0.05, 0) is 37.0 Å². The van der Waals surface area contributed by atoms with E-state index < -0.39 is 0 Å². The van der Waals surface area contributed by atoms with Crippen molar-refractivity contribution >= 4 is 23.2 Å². The highest BCUT2D eigenvalue weighted by Crippen LogP contribution is 2.22. The zero-order chi connectivity index (χ0) is 13.1. The van der Waals surface area contributed by atoms with Gasteiger partial charge in [0.2, 0.25) is 0 Å². The number of anilines is 1. The number of piperidine rings is 1. The Labute approximate surface area is 111 Å². The summed E-state index contributed by atoms with van der Waals surface area (Å²) in [5.74, 6) is 0.142. The molecule has 1 amide bonds. The Hall–Kier alpha value is -1.26. The Bertz CT molecular complexity index is 451. The Morgan fingerprint density at radius 3 is 3.00 bits per heavy atom. The lowest BCUT2D eigenvalue weighted by molar-refractivity contribution is 0.0621. The van der Waals surface area contributed by atoms with Crippen LogP contribution in [0.2, 0.25) is 5.02 Å². The number of carbonyl (C=O) groups is 1. The number of halogens is 1. The fourth-order valence-corrected chi connectivity index (χ4v) is 2.38. The summed E-state index contributed by atoms with van der Waals surface area (Å²) in [5.41, 5.74) is 6.67. The number of carbonyl (C=O) groups excluding carboxylic acids is 1. The molecule has 0 radical (unpaired) electrons. The van der Waals surface area contributed by atoms with Gasteiger partial charge in [0.1, 0.15) is 0 Å². The molecule has 1 aromatic rings. The topological polar surface area (TPSA) is 66.6 Å². The zero-order valence-electron chi connectivity index (χ0n) is 10.1. The molecule has 0 bridgehead atoms. The molecule has 0 aromatic heterocycles. The van der Waals surface area contributed by atoms with Gasteiger partial charge >= 0.3 is 0 Å². The number of nitrogen functional groups attached to an aromatic ring is 1. The first-order valence-electron chi connectivity index (χ1n) is 6.07. The minimum atomic E-state index is -0.0449. The smallest absolute Gasteiger partial charge is 0.253 e. The highest BCUT2D eigenvalue weighted by Gasteiger charge is 2.24. The molecule has 1 heterocycles. The van der Waals surface area contributed by atoms with Crippen LogP contribution in [0.15, 0.2) is 18.2 Å². The molecule has 0 saturated carbocycles. The van der Waals surface area contributed by atoms with Crippen LogP contribution in [0.1, 0.15) is 23.2 Å². The van der Waals surface area contributed by atoms with E-state index in [1.807, 2.05) is 0 Å². The third kappa shape index (κ3) is 2.76. The summed E-state index contributed by atoms with van der Waals surface area (Å²) in [6.07, 6.45) is 1.91. The number of hydrogen-bond donors (Lipinski definition) is 2. The average Bonchev–Trinajstić information content (AvgIpc) is 2.41. The molecule has 3 N–H and O–H groups in total. The molecule has 1 fully saturated rings. The molecule has 0 aliphatic carbocycles. The summed E-state index contributed by atoms with van der Waals surface area (Å²) >= 11 is 5.83. The molecule has 0 spiro atoms. The molecule has 1 atom stereocenters. The first-order chi connectivity index (χ1) is 8.61. The summed E-state index contributed by atoms with van der Waals surface area (Å²) < 4.78 is 0. The predicted molar refractivity (Wildman–Crippen MR) is 71.6 cm³/mol. The number of nitrogens with zero attached hydrogens (tertiary/aromatic N) is 1. The van der Waals surface area contributed by atoms with Crippen molar-refractivity contribution in [2.45, 2.75) is 12.8 Å². The molecule has 1 aliphatic rings. The van der Waals surface area contributed by atoms with E-state index in [1.54, 1.807) is 23.1 Å². The maximum absolute atomic E-state index is 12.3. The van der Waals surface area contributed by atoms with E-state index in [0.717, 1.165) is 19.4 Å². The van der Waals surface area contributed by atoms with Gasteiger partial charge in [0.05, 0.1) is 10.7 Å². The van der Waals surface area contributed by atoms with Crippen LogP contribution in [0.4, 0.5) is 5.69 Å². The van der Waals surface area contributed by atoms with Crippen molar-refractivity contribution in [2.24, 2.45) is 5.92 Å². The van der Waals surface area contributed by atoms with Gasteiger partial charge in [0.15, 0.2) is 0 Å². The second-order valence-electron chi connectivity index (χ2n) is 4.68. The van der Waals surface area contributed by atoms with Gasteiger partial charge in [0.25, 0.3) is 5.91 Å². The van der Waals surface area contributed by atoms with Crippen LogP contribution in [-0.2, 0) is 0 Å². The van der Waals surface area contributed by atoms with E-state index in [9.17, 15) is 4.79 Å². The summed E-state index contributed by atoms with van der Waals surface area (Å²) in [6, 6.07) is 4.93. The number of rotatable bonds is 2. The lowest BCUT2D eigenvalue weighted by Gasteiger charge is -2.32. The van der Waals surface area contributed by atoms with E-state index in [-0.39, 0.29) is 18.4 Å². The van der Waals surface area contributed by atoms with Crippen molar-refractivity contribution in [1.29, 1.82) is 0 Å². The van der Waals surface area contributed by atoms with Crippen molar-refractivity contribution in [3.05, 3.63) is 28.8 Å². The molecule has 4 nitrogen and oxygen atoms in total. The molecular weight excluding hydrogens is 252 g/mol. The fraction of sp³-hybridized carbons (Fsp3) is 0.462. The average molecular weight is 269 g/mol. The Kier molecular flexibility index (Phi) is 4.09. The maximum atomic E-state index is 12.3. The van der Waals surface area contributed by atoms with Crippen LogP contribution in [0.3, 0.4) is 0 Å². The van der Waals surface area contributed by atoms with Crippen LogP contribution in [0, 0.1) is 5.92 Å². The van der Waals surface area contributed by atoms with E-state index in [2.05, 4.69) is 0 Å². The monoisotopic (exact) mass is 268 g/mol. The number of hydrogen-bond acceptors (Lipinski definition) is 3. The summed E-state index contributed by atoms with van der Waals surface area (Å²) in [4.78, 5) is 14.0. The highest BCUT2D eigenvalue weighted by atomic mass is 35.5. The standard InChI is InChI=1S/C13H17ClN2O2/c14-11-4-3-10(6-12(11)15)13(18)16-5-1-2-9(7-16)8-17/h3-4,6,9,17H,1-2,5,7-8,15H2. The lowest BCUT2D eigenvalue weighted by atomic mass is 9.98. The number of likely N-dealkylation sites (tertiary alicyclic amines) is 1. The van der Waals surface area contributed by atoms with Crippen LogP contribution in [0.25, 0.3) is 0 Å². The van der Waals surface area contributed by atoms with Crippen LogP contribution >= 0.6 is 11.6 Å². The third-order valence-corrected chi connectivity index (χ3v) is 3.65. The van der Waals surface area contributed by atoms with E-state index in [0.29, 0.717) is 22.8 Å². The van der Waals surface area contributed by atoms with Crippen molar-refractivity contribution in [3.63, 3.8) is 0 Å². The number of benzene rings is 1. The summed E-state index contributed by atoms with van der Waals surface area (Å²) in [6.45, 7) is 1.47. The molecule has 1 aliphatic heterocycles. The molecule has 1 unspecified atom stereocenters. The van der Waals surface area contributed by atoms with Gasteiger partial charge in [-0.2, -0.15) is 0 Å². The van der Waals surface area contributed by atoms with Gasteiger partial charge in [0, 0.05) is 25.3 Å². The Morgan fingerprint density at radius 1 is 1.56 bits per heavy atom. The van der Waals surface area contributed by atoms with Crippen LogP contribution in [-0.4, -0.2) is 35.6 Å². The Balaban J connectivity index is 2.12. The van der Waals surface area contributed by atoms with E-state index in [4.69, 9.17) is 22.4 Å². The zero-order valence-corrected chi connectivity index (χ0v) is 10.9. The van der Waals surface area contributed by atoms with Crippen LogP contribution < -0.4 is 5.73 Å². The normalized spacial score (nSPS) is 19.9. The summed E-state index contributed by atoms with van der Waals surface area (Å²) in [5, 5.41) is 9.62. The van der Waals surface area contributed by atoms with Gasteiger partial charge in [-0.25, -0.2) is 0 Å². The van der Waals surface area contributed by atoms with Gasteiger partial charge in [-0.15, -0.1) is 0 Å². The third-order valence-electron chi connectivity index (χ3n) is 3.31. The predicted octanol–water partition coefficient (Wildman–Crippen LogP) is 1.77. The van der Waals surface area contributed by atoms with Gasteiger partial charge < -0.3 is 15.7 Å². The largest absolute Gasteiger partial charge is 0.398 e. The van der Waals surface area contributed by atoms with Gasteiger partial charge in [-0.3, -0.25) is 4.79 Å². The minimum absolute atomic E-state index is 0.0449. The summed E-state index contributed by atoms with van der Waals surface area (Å²) in [7, 11) is 0. The molecule has 98 valence electrons. The minimum Gasteiger partial charge on any atom is -0.398 e. The van der Waals surface area contributed by atoms with Crippen molar-refractivity contribution in [3.8, 4) is 0 Å². The van der Waals surface area contributed by atoms with Crippen molar-refractivity contribution in [1.82, 2.24) is 4.90 Å². The highest BCUT2D eigenvalue weighted by molar-refractivity contribution is 6.33. The molecular formula is C13H17ClN2O2. The SMILES string of the molecule is Nc1cc(C(=O)N2CCCC(CO)C2)ccc1Cl. The quantitative estimate of drug-likeness (QED) is 0.804. The molecule has 18 heavy (non-hydrogen) atoms. The maximum Gasteiger partial charge on any atom is 0.253 e. The first-order valence-corrected chi connectivity index (χ1v) is 6.44. The molecule has 1 saturated heterocycles. The second kappa shape index (κ2) is 5.59. The first kappa shape index (κ1) is 13.2. The van der Waals surface area contributed by atoms with Gasteiger partial charge in [-0.1, -0.05) is 11.6 Å². The fourth-order valence-electron chi connectivity index (χ4n) is 2.26. The van der Waals surface area contributed by atoms with E-state index >= 15 is 0 Å². The van der Waals surface area contributed by atoms with E-state index in [1.165, 1.54) is 0 Å². The Morgan fingerprint density at radius 2 is 2.33 bits per heavy atom. The number of nitrogens with two attached hydrogens (primary N) is 1.